The second kappa shape index (κ2) is 6.66. The first kappa shape index (κ1) is 15.4. The van der Waals surface area contributed by atoms with Crippen molar-refractivity contribution >= 4 is 10.0 Å². The van der Waals surface area contributed by atoms with Gasteiger partial charge in [0.25, 0.3) is 0 Å². The first-order valence-electron chi connectivity index (χ1n) is 6.74. The van der Waals surface area contributed by atoms with Crippen molar-refractivity contribution in [3.63, 3.8) is 0 Å². The molecule has 1 N–H and O–H groups in total. The number of nitrogens with zero attached hydrogens (tertiary/aromatic N) is 3. The van der Waals surface area contributed by atoms with Gasteiger partial charge < -0.3 is 9.84 Å². The monoisotopic (exact) mass is 303 g/mol. The zero-order chi connectivity index (χ0) is 14.6. The zero-order valence-electron chi connectivity index (χ0n) is 11.6. The number of piperidine rings is 1. The van der Waals surface area contributed by atoms with Gasteiger partial charge in [-0.1, -0.05) is 0 Å². The molecular formula is C12H21N3O4S. The summed E-state index contributed by atoms with van der Waals surface area (Å²) in [6.07, 6.45) is 5.08. The van der Waals surface area contributed by atoms with Gasteiger partial charge in [0.2, 0.25) is 10.0 Å². The summed E-state index contributed by atoms with van der Waals surface area (Å²) in [5.74, 6) is 0. The van der Waals surface area contributed by atoms with E-state index >= 15 is 0 Å². The molecule has 0 saturated carbocycles. The Balaban J connectivity index is 2.11. The Kier molecular flexibility index (Phi) is 5.14. The number of hydrogen-bond donors (Lipinski definition) is 1. The van der Waals surface area contributed by atoms with Crippen molar-refractivity contribution < 1.29 is 18.3 Å². The fourth-order valence-electron chi connectivity index (χ4n) is 2.30. The summed E-state index contributed by atoms with van der Waals surface area (Å²) in [4.78, 5) is 0.201. The Hall–Kier alpha value is -0.960. The maximum Gasteiger partial charge on any atom is 0.246 e. The van der Waals surface area contributed by atoms with Crippen molar-refractivity contribution in [1.29, 1.82) is 0 Å². The average Bonchev–Trinajstić information content (AvgIpc) is 2.94. The number of methoxy groups -OCH3 is 1. The van der Waals surface area contributed by atoms with Crippen LogP contribution >= 0.6 is 0 Å². The fraction of sp³-hybridized carbons (Fsp3) is 0.750. The van der Waals surface area contributed by atoms with E-state index in [-0.39, 0.29) is 17.6 Å². The van der Waals surface area contributed by atoms with E-state index < -0.39 is 10.0 Å². The van der Waals surface area contributed by atoms with E-state index in [9.17, 15) is 8.42 Å². The van der Waals surface area contributed by atoms with Crippen LogP contribution < -0.4 is 0 Å². The highest BCUT2D eigenvalue weighted by molar-refractivity contribution is 7.89. The number of ether oxygens (including phenoxy) is 1. The van der Waals surface area contributed by atoms with Crippen molar-refractivity contribution in [2.75, 3.05) is 26.8 Å². The molecule has 2 rings (SSSR count). The second-order valence-electron chi connectivity index (χ2n) is 4.88. The Morgan fingerprint density at radius 1 is 1.55 bits per heavy atom. The van der Waals surface area contributed by atoms with Crippen LogP contribution in [-0.4, -0.2) is 60.5 Å². The largest absolute Gasteiger partial charge is 0.396 e. The van der Waals surface area contributed by atoms with Gasteiger partial charge in [-0.05, 0) is 19.3 Å². The molecule has 8 heteroatoms. The summed E-state index contributed by atoms with van der Waals surface area (Å²) in [6.45, 7) is 1.47. The minimum absolute atomic E-state index is 0.0389. The normalized spacial score (nSPS) is 21.2. The van der Waals surface area contributed by atoms with E-state index in [0.717, 1.165) is 12.8 Å². The Morgan fingerprint density at radius 3 is 3.05 bits per heavy atom. The molecule has 20 heavy (non-hydrogen) atoms. The van der Waals surface area contributed by atoms with E-state index in [0.29, 0.717) is 26.1 Å². The van der Waals surface area contributed by atoms with Crippen LogP contribution in [-0.2, 0) is 21.3 Å². The predicted octanol–water partition coefficient (Wildman–Crippen LogP) is 0.0650. The minimum Gasteiger partial charge on any atom is -0.396 e. The van der Waals surface area contributed by atoms with Crippen LogP contribution in [0.15, 0.2) is 17.3 Å². The first-order chi connectivity index (χ1) is 9.57. The van der Waals surface area contributed by atoms with Crippen LogP contribution in [0, 0.1) is 0 Å². The summed E-state index contributed by atoms with van der Waals surface area (Å²) in [7, 11) is -1.90. The molecule has 1 aliphatic rings. The van der Waals surface area contributed by atoms with Gasteiger partial charge in [0, 0.05) is 39.5 Å². The van der Waals surface area contributed by atoms with Crippen molar-refractivity contribution in [2.24, 2.45) is 0 Å². The van der Waals surface area contributed by atoms with Crippen LogP contribution in [0.3, 0.4) is 0 Å². The van der Waals surface area contributed by atoms with Crippen molar-refractivity contribution in [2.45, 2.75) is 36.8 Å². The zero-order valence-corrected chi connectivity index (χ0v) is 12.4. The first-order valence-corrected chi connectivity index (χ1v) is 8.18. The van der Waals surface area contributed by atoms with Gasteiger partial charge in [0.1, 0.15) is 4.90 Å². The van der Waals surface area contributed by atoms with Gasteiger partial charge in [-0.2, -0.15) is 9.40 Å². The third kappa shape index (κ3) is 3.38. The molecule has 1 aromatic heterocycles. The lowest BCUT2D eigenvalue weighted by Gasteiger charge is -2.30. The quantitative estimate of drug-likeness (QED) is 0.803. The number of sulfonamides is 1. The third-order valence-electron chi connectivity index (χ3n) is 3.47. The van der Waals surface area contributed by atoms with E-state index in [4.69, 9.17) is 9.84 Å². The molecule has 0 aliphatic carbocycles. The standard InChI is InChI=1S/C12H21N3O4S/c1-19-11-4-2-6-15(9-11)20(17,18)12-8-13-14(10-12)5-3-7-16/h8,10-11,16H,2-7,9H2,1H3. The van der Waals surface area contributed by atoms with Gasteiger partial charge in [-0.25, -0.2) is 8.42 Å². The molecule has 0 radical (unpaired) electrons. The van der Waals surface area contributed by atoms with Crippen molar-refractivity contribution in [3.05, 3.63) is 12.4 Å². The number of aryl methyl sites for hydroxylation is 1. The molecule has 1 aliphatic heterocycles. The van der Waals surface area contributed by atoms with Crippen LogP contribution in [0.5, 0.6) is 0 Å². The second-order valence-corrected chi connectivity index (χ2v) is 6.82. The highest BCUT2D eigenvalue weighted by atomic mass is 32.2. The third-order valence-corrected chi connectivity index (χ3v) is 5.28. The van der Waals surface area contributed by atoms with E-state index in [1.54, 1.807) is 11.8 Å². The number of aliphatic hydroxyl groups excluding tert-OH is 1. The fourth-order valence-corrected chi connectivity index (χ4v) is 3.76. The number of aliphatic hydroxyl groups is 1. The predicted molar refractivity (Wildman–Crippen MR) is 72.7 cm³/mol. The molecule has 0 bridgehead atoms. The van der Waals surface area contributed by atoms with Gasteiger partial charge in [0.15, 0.2) is 0 Å². The summed E-state index contributed by atoms with van der Waals surface area (Å²) in [5, 5.41) is 12.8. The highest BCUT2D eigenvalue weighted by Crippen LogP contribution is 2.21. The summed E-state index contributed by atoms with van der Waals surface area (Å²) in [6, 6.07) is 0. The van der Waals surface area contributed by atoms with Gasteiger partial charge >= 0.3 is 0 Å². The lowest BCUT2D eigenvalue weighted by molar-refractivity contribution is 0.0572. The van der Waals surface area contributed by atoms with Crippen LogP contribution in [0.25, 0.3) is 0 Å². The molecule has 0 amide bonds. The van der Waals surface area contributed by atoms with Crippen molar-refractivity contribution in [3.8, 4) is 0 Å². The van der Waals surface area contributed by atoms with Crippen molar-refractivity contribution in [1.82, 2.24) is 14.1 Å². The summed E-state index contributed by atoms with van der Waals surface area (Å²) in [5.41, 5.74) is 0. The number of aromatic nitrogens is 2. The average molecular weight is 303 g/mol. The lowest BCUT2D eigenvalue weighted by Crippen LogP contribution is -2.42. The Morgan fingerprint density at radius 2 is 2.35 bits per heavy atom. The molecule has 1 unspecified atom stereocenters. The van der Waals surface area contributed by atoms with Gasteiger partial charge in [-0.3, -0.25) is 4.68 Å². The molecule has 114 valence electrons. The van der Waals surface area contributed by atoms with Crippen LogP contribution in [0.2, 0.25) is 0 Å². The molecule has 0 spiro atoms. The number of hydrogen-bond acceptors (Lipinski definition) is 5. The maximum absolute atomic E-state index is 12.5. The highest BCUT2D eigenvalue weighted by Gasteiger charge is 2.31. The smallest absolute Gasteiger partial charge is 0.246 e. The molecule has 0 aromatic carbocycles. The topological polar surface area (TPSA) is 84.7 Å². The summed E-state index contributed by atoms with van der Waals surface area (Å²) < 4.78 is 33.3. The van der Waals surface area contributed by atoms with Crippen LogP contribution in [0.1, 0.15) is 19.3 Å². The molecule has 1 fully saturated rings. The SMILES string of the molecule is COC1CCCN(S(=O)(=O)c2cnn(CCCO)c2)C1. The van der Waals surface area contributed by atoms with E-state index in [1.807, 2.05) is 0 Å². The molecule has 7 nitrogen and oxygen atoms in total. The molecule has 2 heterocycles. The lowest BCUT2D eigenvalue weighted by atomic mass is 10.1. The molecule has 1 aromatic rings. The number of rotatable bonds is 6. The van der Waals surface area contributed by atoms with Gasteiger partial charge in [0.05, 0.1) is 12.3 Å². The maximum atomic E-state index is 12.5. The minimum atomic E-state index is -3.50. The van der Waals surface area contributed by atoms with Crippen LogP contribution in [0.4, 0.5) is 0 Å². The van der Waals surface area contributed by atoms with E-state index in [2.05, 4.69) is 5.10 Å². The molecular weight excluding hydrogens is 282 g/mol. The van der Waals surface area contributed by atoms with E-state index in [1.165, 1.54) is 16.7 Å². The summed E-state index contributed by atoms with van der Waals surface area (Å²) >= 11 is 0. The molecule has 1 atom stereocenters. The Bertz CT molecular complexity index is 529. The Labute approximate surface area is 119 Å². The van der Waals surface area contributed by atoms with Gasteiger partial charge in [-0.15, -0.1) is 0 Å². The molecule has 1 saturated heterocycles.